The van der Waals surface area contributed by atoms with Gasteiger partial charge in [-0.3, -0.25) is 19.6 Å². The zero-order valence-corrected chi connectivity index (χ0v) is 12.7. The molecule has 1 fully saturated rings. The molecule has 0 atom stereocenters. The highest BCUT2D eigenvalue weighted by Gasteiger charge is 2.24. The fourth-order valence-corrected chi connectivity index (χ4v) is 2.71. The van der Waals surface area contributed by atoms with Gasteiger partial charge < -0.3 is 10.2 Å². The second-order valence-corrected chi connectivity index (χ2v) is 5.48. The lowest BCUT2D eigenvalue weighted by Crippen LogP contribution is -2.20. The second kappa shape index (κ2) is 6.07. The number of hydrogen-bond donors (Lipinski definition) is 1. The molecule has 1 aromatic carbocycles. The van der Waals surface area contributed by atoms with Crippen molar-refractivity contribution in [3.8, 4) is 0 Å². The third-order valence-electron chi connectivity index (χ3n) is 3.84. The minimum atomic E-state index is -0.439. The molecule has 0 radical (unpaired) electrons. The minimum absolute atomic E-state index is 0.0411. The van der Waals surface area contributed by atoms with E-state index in [0.717, 1.165) is 25.9 Å². The van der Waals surface area contributed by atoms with Gasteiger partial charge in [-0.2, -0.15) is 5.10 Å². The molecule has 1 saturated heterocycles. The third-order valence-corrected chi connectivity index (χ3v) is 3.84. The van der Waals surface area contributed by atoms with E-state index in [1.165, 1.54) is 6.07 Å². The molecular weight excluding hydrogens is 298 g/mol. The summed E-state index contributed by atoms with van der Waals surface area (Å²) < 4.78 is 1.56. The first-order valence-corrected chi connectivity index (χ1v) is 7.39. The van der Waals surface area contributed by atoms with E-state index in [1.54, 1.807) is 36.1 Å². The quantitative estimate of drug-likeness (QED) is 0.689. The summed E-state index contributed by atoms with van der Waals surface area (Å²) in [5, 5.41) is 18.0. The number of nitro benzene ring substituents is 1. The molecule has 120 valence electrons. The molecule has 8 heteroatoms. The van der Waals surface area contributed by atoms with Crippen LogP contribution in [0.3, 0.4) is 0 Å². The van der Waals surface area contributed by atoms with Crippen LogP contribution in [0.15, 0.2) is 30.5 Å². The molecule has 1 aromatic heterocycles. The summed E-state index contributed by atoms with van der Waals surface area (Å²) in [6, 6.07) is 6.24. The van der Waals surface area contributed by atoms with Crippen LogP contribution in [0, 0.1) is 10.1 Å². The number of anilines is 2. The maximum absolute atomic E-state index is 12.2. The maximum Gasteiger partial charge on any atom is 0.293 e. The van der Waals surface area contributed by atoms with Crippen molar-refractivity contribution >= 4 is 23.1 Å². The molecule has 23 heavy (non-hydrogen) atoms. The normalized spacial score (nSPS) is 14.0. The topological polar surface area (TPSA) is 93.3 Å². The lowest BCUT2D eigenvalue weighted by molar-refractivity contribution is -0.384. The molecule has 1 aliphatic rings. The Bertz CT molecular complexity index is 749. The molecule has 3 rings (SSSR count). The fourth-order valence-electron chi connectivity index (χ4n) is 2.71. The number of amides is 1. The summed E-state index contributed by atoms with van der Waals surface area (Å²) >= 11 is 0. The summed E-state index contributed by atoms with van der Waals surface area (Å²) in [6.45, 7) is 1.61. The first-order valence-electron chi connectivity index (χ1n) is 7.39. The van der Waals surface area contributed by atoms with Crippen molar-refractivity contribution in [1.29, 1.82) is 0 Å². The van der Waals surface area contributed by atoms with Crippen molar-refractivity contribution < 1.29 is 9.72 Å². The summed E-state index contributed by atoms with van der Waals surface area (Å²) in [5.41, 5.74) is 0.771. The number of nitrogens with one attached hydrogen (secondary N) is 1. The van der Waals surface area contributed by atoms with Crippen LogP contribution in [0.4, 0.5) is 17.2 Å². The minimum Gasteiger partial charge on any atom is -0.366 e. The molecule has 2 heterocycles. The Balaban J connectivity index is 1.86. The van der Waals surface area contributed by atoms with Crippen molar-refractivity contribution in [3.05, 3.63) is 46.1 Å². The van der Waals surface area contributed by atoms with Gasteiger partial charge in [0.15, 0.2) is 5.82 Å². The van der Waals surface area contributed by atoms with Crippen LogP contribution in [0.2, 0.25) is 0 Å². The Labute approximate surface area is 132 Å². The fraction of sp³-hybridized carbons (Fsp3) is 0.333. The molecule has 1 N–H and O–H groups in total. The molecule has 0 spiro atoms. The third kappa shape index (κ3) is 3.15. The van der Waals surface area contributed by atoms with Gasteiger partial charge in [0, 0.05) is 44.0 Å². The number of aromatic nitrogens is 2. The van der Waals surface area contributed by atoms with E-state index < -0.39 is 10.8 Å². The van der Waals surface area contributed by atoms with E-state index in [2.05, 4.69) is 10.4 Å². The summed E-state index contributed by atoms with van der Waals surface area (Å²) in [6.07, 6.45) is 3.76. The van der Waals surface area contributed by atoms with Crippen LogP contribution < -0.4 is 10.2 Å². The number of rotatable bonds is 4. The maximum atomic E-state index is 12.2. The van der Waals surface area contributed by atoms with Crippen LogP contribution in [0.1, 0.15) is 23.2 Å². The highest BCUT2D eigenvalue weighted by Crippen LogP contribution is 2.31. The lowest BCUT2D eigenvalue weighted by Gasteiger charge is -2.17. The van der Waals surface area contributed by atoms with Gasteiger partial charge in [0.2, 0.25) is 0 Å². The smallest absolute Gasteiger partial charge is 0.293 e. The van der Waals surface area contributed by atoms with E-state index in [1.807, 2.05) is 4.90 Å². The van der Waals surface area contributed by atoms with Gasteiger partial charge in [-0.1, -0.05) is 0 Å². The van der Waals surface area contributed by atoms with Gasteiger partial charge in [-0.25, -0.2) is 0 Å². The Morgan fingerprint density at radius 2 is 2.04 bits per heavy atom. The molecule has 8 nitrogen and oxygen atoms in total. The SMILES string of the molecule is Cn1ccc(NC(=O)c2ccc(N3CCCC3)c([N+](=O)[O-])c2)n1. The Kier molecular flexibility index (Phi) is 3.96. The lowest BCUT2D eigenvalue weighted by atomic mass is 10.1. The van der Waals surface area contributed by atoms with Crippen LogP contribution in [-0.2, 0) is 7.05 Å². The molecule has 1 amide bonds. The van der Waals surface area contributed by atoms with Gasteiger partial charge >= 0.3 is 0 Å². The summed E-state index contributed by atoms with van der Waals surface area (Å²) in [4.78, 5) is 25.1. The predicted molar refractivity (Wildman–Crippen MR) is 85.7 cm³/mol. The monoisotopic (exact) mass is 315 g/mol. The van der Waals surface area contributed by atoms with Gasteiger partial charge in [-0.15, -0.1) is 0 Å². The van der Waals surface area contributed by atoms with Crippen LogP contribution in [-0.4, -0.2) is 33.7 Å². The molecule has 0 saturated carbocycles. The van der Waals surface area contributed by atoms with Crippen molar-refractivity contribution in [2.24, 2.45) is 7.05 Å². The molecule has 0 unspecified atom stereocenters. The molecule has 2 aromatic rings. The molecule has 1 aliphatic heterocycles. The average molecular weight is 315 g/mol. The summed E-state index contributed by atoms with van der Waals surface area (Å²) in [7, 11) is 1.74. The Hall–Kier alpha value is -2.90. The highest BCUT2D eigenvalue weighted by molar-refractivity contribution is 6.04. The Morgan fingerprint density at radius 3 is 2.65 bits per heavy atom. The zero-order chi connectivity index (χ0) is 16.4. The predicted octanol–water partition coefficient (Wildman–Crippen LogP) is 2.18. The average Bonchev–Trinajstić information content (AvgIpc) is 3.18. The van der Waals surface area contributed by atoms with Crippen LogP contribution in [0.25, 0.3) is 0 Å². The highest BCUT2D eigenvalue weighted by atomic mass is 16.6. The number of carbonyl (C=O) groups excluding carboxylic acids is 1. The van der Waals surface area contributed by atoms with Crippen molar-refractivity contribution in [2.75, 3.05) is 23.3 Å². The van der Waals surface area contributed by atoms with E-state index in [0.29, 0.717) is 11.5 Å². The van der Waals surface area contributed by atoms with E-state index in [4.69, 9.17) is 0 Å². The largest absolute Gasteiger partial charge is 0.366 e. The first kappa shape index (κ1) is 15.0. The van der Waals surface area contributed by atoms with E-state index >= 15 is 0 Å². The van der Waals surface area contributed by atoms with Gasteiger partial charge in [0.25, 0.3) is 11.6 Å². The van der Waals surface area contributed by atoms with E-state index in [-0.39, 0.29) is 11.3 Å². The van der Waals surface area contributed by atoms with Crippen molar-refractivity contribution in [1.82, 2.24) is 9.78 Å². The van der Waals surface area contributed by atoms with Gasteiger partial charge in [-0.05, 0) is 25.0 Å². The number of nitrogens with zero attached hydrogens (tertiary/aromatic N) is 4. The number of benzene rings is 1. The number of aryl methyl sites for hydroxylation is 1. The van der Waals surface area contributed by atoms with E-state index in [9.17, 15) is 14.9 Å². The molecular formula is C15H17N5O3. The second-order valence-electron chi connectivity index (χ2n) is 5.48. The number of nitro groups is 1. The van der Waals surface area contributed by atoms with Crippen molar-refractivity contribution in [3.63, 3.8) is 0 Å². The van der Waals surface area contributed by atoms with Gasteiger partial charge in [0.1, 0.15) is 5.69 Å². The molecule has 0 bridgehead atoms. The summed E-state index contributed by atoms with van der Waals surface area (Å²) in [5.74, 6) is -0.0106. The first-order chi connectivity index (χ1) is 11.0. The standard InChI is InChI=1S/C15H17N5O3/c1-18-9-6-14(17-18)16-15(21)11-4-5-12(13(10-11)20(22)23)19-7-2-3-8-19/h4-6,9-10H,2-3,7-8H2,1H3,(H,16,17,21). The number of carbonyl (C=O) groups is 1. The van der Waals surface area contributed by atoms with Crippen molar-refractivity contribution in [2.45, 2.75) is 12.8 Å². The van der Waals surface area contributed by atoms with Crippen LogP contribution >= 0.6 is 0 Å². The zero-order valence-electron chi connectivity index (χ0n) is 12.7. The Morgan fingerprint density at radius 1 is 1.30 bits per heavy atom. The van der Waals surface area contributed by atoms with Gasteiger partial charge in [0.05, 0.1) is 4.92 Å². The number of hydrogen-bond acceptors (Lipinski definition) is 5. The molecule has 0 aliphatic carbocycles. The van der Waals surface area contributed by atoms with Crippen LogP contribution in [0.5, 0.6) is 0 Å².